The van der Waals surface area contributed by atoms with Gasteiger partial charge in [0.05, 0.1) is 39.9 Å². The average Bonchev–Trinajstić information content (AvgIpc) is 2.84. The number of allylic oxidation sites excluding steroid dienone is 1. The molecule has 226 valence electrons. The molecule has 0 aliphatic rings. The number of aliphatic hydroxyl groups excluding tert-OH is 1. The first-order chi connectivity index (χ1) is 18.0. The quantitative estimate of drug-likeness (QED) is 0.0480. The number of aliphatic hydroxyl groups is 1. The number of nitrogens with one attached hydrogen (secondary N) is 1. The summed E-state index contributed by atoms with van der Waals surface area (Å²) in [5.41, 5.74) is 0. The predicted octanol–water partition coefficient (Wildman–Crippen LogP) is 6.51. The summed E-state index contributed by atoms with van der Waals surface area (Å²) >= 11 is 0. The van der Waals surface area contributed by atoms with Crippen LogP contribution in [0.3, 0.4) is 0 Å². The number of carbonyl (C=O) groups excluding carboxylic acids is 1. The number of unbranched alkanes of at least 4 members (excludes halogenated alkanes) is 13. The highest BCUT2D eigenvalue weighted by molar-refractivity contribution is 7.47. The van der Waals surface area contributed by atoms with Gasteiger partial charge in [0.1, 0.15) is 13.2 Å². The first kappa shape index (κ1) is 37.2. The second kappa shape index (κ2) is 23.0. The number of phosphoric ester groups is 1. The van der Waals surface area contributed by atoms with Crippen molar-refractivity contribution < 1.29 is 32.9 Å². The van der Waals surface area contributed by atoms with Gasteiger partial charge in [0.15, 0.2) is 0 Å². The molecule has 0 heterocycles. The van der Waals surface area contributed by atoms with Crippen LogP contribution in [-0.4, -0.2) is 73.4 Å². The van der Waals surface area contributed by atoms with E-state index in [9.17, 15) is 19.4 Å². The monoisotopic (exact) mass is 563 g/mol. The molecule has 0 aliphatic heterocycles. The Labute approximate surface area is 233 Å². The molecule has 0 spiro atoms. The van der Waals surface area contributed by atoms with Gasteiger partial charge < -0.3 is 19.8 Å². The van der Waals surface area contributed by atoms with Gasteiger partial charge in [-0.05, 0) is 19.3 Å². The van der Waals surface area contributed by atoms with Crippen LogP contribution in [0.2, 0.25) is 0 Å². The molecule has 38 heavy (non-hydrogen) atoms. The summed E-state index contributed by atoms with van der Waals surface area (Å²) in [6.45, 7) is 4.69. The summed E-state index contributed by atoms with van der Waals surface area (Å²) in [7, 11) is 1.57. The summed E-state index contributed by atoms with van der Waals surface area (Å²) in [5, 5.41) is 13.5. The van der Waals surface area contributed by atoms with Gasteiger partial charge in [0.25, 0.3) is 0 Å². The molecule has 0 aromatic rings. The van der Waals surface area contributed by atoms with Crippen LogP contribution >= 0.6 is 7.82 Å². The fourth-order valence-corrected chi connectivity index (χ4v) is 4.71. The Kier molecular flexibility index (Phi) is 22.5. The first-order valence-electron chi connectivity index (χ1n) is 15.1. The van der Waals surface area contributed by atoms with Gasteiger partial charge in [-0.25, -0.2) is 4.57 Å². The molecule has 0 fully saturated rings. The summed E-state index contributed by atoms with van der Waals surface area (Å²) in [6.07, 6.45) is 20.0. The van der Waals surface area contributed by atoms with Crippen LogP contribution < -0.4 is 5.32 Å². The molecular weight excluding hydrogens is 503 g/mol. The van der Waals surface area contributed by atoms with Crippen LogP contribution in [0.25, 0.3) is 0 Å². The lowest BCUT2D eigenvalue weighted by atomic mass is 10.1. The highest BCUT2D eigenvalue weighted by Crippen LogP contribution is 2.43. The van der Waals surface area contributed by atoms with Crippen molar-refractivity contribution in [2.75, 3.05) is 40.9 Å². The minimum Gasteiger partial charge on any atom is -0.387 e. The largest absolute Gasteiger partial charge is 0.472 e. The second-order valence-electron chi connectivity index (χ2n) is 11.5. The van der Waals surface area contributed by atoms with E-state index in [0.29, 0.717) is 17.4 Å². The molecule has 0 bridgehead atoms. The summed E-state index contributed by atoms with van der Waals surface area (Å²) in [6, 6.07) is -0.833. The van der Waals surface area contributed by atoms with Crippen LogP contribution in [0.4, 0.5) is 0 Å². The molecule has 0 saturated heterocycles. The molecule has 3 N–H and O–H groups in total. The normalized spacial score (nSPS) is 15.4. The Balaban J connectivity index is 4.70. The van der Waals surface area contributed by atoms with Gasteiger partial charge in [0.2, 0.25) is 5.91 Å². The molecule has 0 radical (unpaired) electrons. The van der Waals surface area contributed by atoms with E-state index < -0.39 is 20.0 Å². The standard InChI is InChI=1S/C29H59N2O6P/c1-6-8-10-12-14-16-18-20-22-28(32)27(26-37-38(34,35)36-25-24-31(3,4)5)30-29(33)23-21-19-17-15-13-11-9-7-2/h20,22,27-28,32H,6-19,21,23-26H2,1-5H3,(H-,30,33,34,35)/p+1/b22-20-/t27-,28+/m0/s1. The Morgan fingerprint density at radius 2 is 1.39 bits per heavy atom. The molecule has 8 nitrogen and oxygen atoms in total. The van der Waals surface area contributed by atoms with Gasteiger partial charge in [-0.3, -0.25) is 13.8 Å². The minimum atomic E-state index is -4.30. The number of hydrogen-bond acceptors (Lipinski definition) is 5. The Morgan fingerprint density at radius 3 is 1.95 bits per heavy atom. The number of nitrogens with zero attached hydrogens (tertiary/aromatic N) is 1. The van der Waals surface area contributed by atoms with Crippen molar-refractivity contribution in [1.29, 1.82) is 0 Å². The van der Waals surface area contributed by atoms with E-state index in [1.54, 1.807) is 6.08 Å². The van der Waals surface area contributed by atoms with Gasteiger partial charge in [-0.1, -0.05) is 103 Å². The maximum Gasteiger partial charge on any atom is 0.472 e. The fourth-order valence-electron chi connectivity index (χ4n) is 3.98. The molecule has 0 aromatic heterocycles. The van der Waals surface area contributed by atoms with Gasteiger partial charge >= 0.3 is 7.82 Å². The van der Waals surface area contributed by atoms with E-state index >= 15 is 0 Å². The molecule has 0 aromatic carbocycles. The Morgan fingerprint density at radius 1 is 0.868 bits per heavy atom. The van der Waals surface area contributed by atoms with E-state index in [1.165, 1.54) is 57.8 Å². The number of phosphoric acid groups is 1. The highest BCUT2D eigenvalue weighted by Gasteiger charge is 2.27. The Bertz CT molecular complexity index is 653. The Hall–Kier alpha value is -0.760. The second-order valence-corrected chi connectivity index (χ2v) is 12.9. The highest BCUT2D eigenvalue weighted by atomic mass is 31.2. The van der Waals surface area contributed by atoms with E-state index in [1.807, 2.05) is 27.2 Å². The number of likely N-dealkylation sites (N-methyl/N-ethyl adjacent to an activating group) is 1. The smallest absolute Gasteiger partial charge is 0.387 e. The van der Waals surface area contributed by atoms with E-state index in [2.05, 4.69) is 19.2 Å². The topological polar surface area (TPSA) is 105 Å². The van der Waals surface area contributed by atoms with Crippen molar-refractivity contribution in [2.45, 2.75) is 129 Å². The van der Waals surface area contributed by atoms with Gasteiger partial charge in [-0.2, -0.15) is 0 Å². The zero-order valence-corrected chi connectivity index (χ0v) is 26.1. The van der Waals surface area contributed by atoms with Crippen LogP contribution in [0.1, 0.15) is 117 Å². The lowest BCUT2D eigenvalue weighted by Gasteiger charge is -2.25. The third-order valence-electron chi connectivity index (χ3n) is 6.51. The molecule has 1 unspecified atom stereocenters. The van der Waals surface area contributed by atoms with Crippen LogP contribution in [-0.2, 0) is 18.4 Å². The van der Waals surface area contributed by atoms with Crippen molar-refractivity contribution in [2.24, 2.45) is 0 Å². The van der Waals surface area contributed by atoms with E-state index in [4.69, 9.17) is 9.05 Å². The van der Waals surface area contributed by atoms with Crippen LogP contribution in [0, 0.1) is 0 Å². The molecule has 1 amide bonds. The predicted molar refractivity (Wildman–Crippen MR) is 157 cm³/mol. The summed E-state index contributed by atoms with van der Waals surface area (Å²) in [4.78, 5) is 22.7. The van der Waals surface area contributed by atoms with Crippen LogP contribution in [0.15, 0.2) is 12.2 Å². The first-order valence-corrected chi connectivity index (χ1v) is 16.6. The lowest BCUT2D eigenvalue weighted by Crippen LogP contribution is -2.45. The summed E-state index contributed by atoms with van der Waals surface area (Å²) in [5.74, 6) is -0.188. The van der Waals surface area contributed by atoms with Gasteiger partial charge in [0, 0.05) is 6.42 Å². The number of quaternary nitrogens is 1. The molecule has 9 heteroatoms. The SMILES string of the molecule is CCCCCCCC/C=C\[C@@H](O)[C@H](COP(=O)(O)OCC[N+](C)(C)C)NC(=O)CCCCCCCCCC. The third-order valence-corrected chi connectivity index (χ3v) is 7.49. The van der Waals surface area contributed by atoms with Crippen LogP contribution in [0.5, 0.6) is 0 Å². The van der Waals surface area contributed by atoms with Crippen molar-refractivity contribution in [1.82, 2.24) is 5.32 Å². The molecule has 0 rings (SSSR count). The van der Waals surface area contributed by atoms with E-state index in [0.717, 1.165) is 38.5 Å². The van der Waals surface area contributed by atoms with Crippen molar-refractivity contribution in [3.8, 4) is 0 Å². The van der Waals surface area contributed by atoms with E-state index in [-0.39, 0.29) is 19.1 Å². The van der Waals surface area contributed by atoms with Gasteiger partial charge in [-0.15, -0.1) is 0 Å². The number of amides is 1. The average molecular weight is 564 g/mol. The maximum atomic E-state index is 12.6. The zero-order valence-electron chi connectivity index (χ0n) is 25.2. The summed E-state index contributed by atoms with van der Waals surface area (Å²) < 4.78 is 23.2. The van der Waals surface area contributed by atoms with Crippen molar-refractivity contribution >= 4 is 13.7 Å². The molecule has 0 aliphatic carbocycles. The molecule has 0 saturated carbocycles. The molecule has 3 atom stereocenters. The van der Waals surface area contributed by atoms with Crippen molar-refractivity contribution in [3.63, 3.8) is 0 Å². The molecular formula is C29H60N2O6P+. The maximum absolute atomic E-state index is 12.6. The minimum absolute atomic E-state index is 0.0630. The number of rotatable bonds is 26. The zero-order chi connectivity index (χ0) is 28.7. The fraction of sp³-hybridized carbons (Fsp3) is 0.897. The number of carbonyl (C=O) groups is 1. The number of hydrogen-bond donors (Lipinski definition) is 3. The van der Waals surface area contributed by atoms with Crippen molar-refractivity contribution in [3.05, 3.63) is 12.2 Å². The third kappa shape index (κ3) is 24.3. The lowest BCUT2D eigenvalue weighted by molar-refractivity contribution is -0.870.